The third kappa shape index (κ3) is 4.18. The van der Waals surface area contributed by atoms with E-state index in [4.69, 9.17) is 0 Å². The molecule has 1 heterocycles. The van der Waals surface area contributed by atoms with Gasteiger partial charge in [0.25, 0.3) is 0 Å². The minimum absolute atomic E-state index is 0.320. The molecule has 7 nitrogen and oxygen atoms in total. The monoisotopic (exact) mass is 321 g/mol. The number of amides is 5. The fraction of sp³-hybridized carbons (Fsp3) is 0.625. The molecule has 126 valence electrons. The van der Waals surface area contributed by atoms with Crippen LogP contribution in [-0.4, -0.2) is 41.7 Å². The fourth-order valence-corrected chi connectivity index (χ4v) is 2.85. The predicted octanol–water partition coefficient (Wildman–Crippen LogP) is 0.809. The number of allylic oxidation sites excluding steroid dienone is 2. The van der Waals surface area contributed by atoms with E-state index in [1.165, 1.54) is 0 Å². The van der Waals surface area contributed by atoms with Gasteiger partial charge in [-0.1, -0.05) is 26.0 Å². The highest BCUT2D eigenvalue weighted by Gasteiger charge is 2.47. The molecule has 2 aliphatic rings. The molecule has 0 aromatic carbocycles. The van der Waals surface area contributed by atoms with Crippen molar-refractivity contribution in [1.29, 1.82) is 0 Å². The summed E-state index contributed by atoms with van der Waals surface area (Å²) in [5.41, 5.74) is 0. The van der Waals surface area contributed by atoms with E-state index < -0.39 is 18.5 Å². The minimum Gasteiger partial charge on any atom is -0.338 e. The largest absolute Gasteiger partial charge is 0.338 e. The van der Waals surface area contributed by atoms with Crippen LogP contribution in [0.4, 0.5) is 4.79 Å². The highest BCUT2D eigenvalue weighted by molar-refractivity contribution is 6.08. The maximum atomic E-state index is 12.2. The predicted molar refractivity (Wildman–Crippen MR) is 83.1 cm³/mol. The zero-order valence-corrected chi connectivity index (χ0v) is 13.5. The van der Waals surface area contributed by atoms with Crippen LogP contribution in [0.25, 0.3) is 0 Å². The lowest BCUT2D eigenvalue weighted by molar-refractivity contribution is -0.143. The third-order valence-electron chi connectivity index (χ3n) is 4.16. The fourth-order valence-electron chi connectivity index (χ4n) is 2.85. The lowest BCUT2D eigenvalue weighted by atomic mass is 9.85. The van der Waals surface area contributed by atoms with Crippen LogP contribution in [0.1, 0.15) is 33.1 Å². The zero-order chi connectivity index (χ0) is 17.0. The molecule has 0 unspecified atom stereocenters. The molecule has 0 aromatic heterocycles. The topological polar surface area (TPSA) is 95.6 Å². The molecule has 0 bridgehead atoms. The van der Waals surface area contributed by atoms with Crippen molar-refractivity contribution < 1.29 is 19.2 Å². The Hall–Kier alpha value is -2.18. The molecule has 5 amide bonds. The van der Waals surface area contributed by atoms with Crippen molar-refractivity contribution in [2.75, 3.05) is 13.1 Å². The van der Waals surface area contributed by atoms with E-state index in [1.807, 2.05) is 26.0 Å². The van der Waals surface area contributed by atoms with Gasteiger partial charge in [0.1, 0.15) is 6.54 Å². The number of carbonyl (C=O) groups excluding carboxylic acids is 4. The quantitative estimate of drug-likeness (QED) is 0.578. The molecule has 0 spiro atoms. The molecule has 1 fully saturated rings. The van der Waals surface area contributed by atoms with Crippen molar-refractivity contribution in [3.05, 3.63) is 12.2 Å². The summed E-state index contributed by atoms with van der Waals surface area (Å²) in [7, 11) is 0. The van der Waals surface area contributed by atoms with Gasteiger partial charge in [0.05, 0.1) is 11.8 Å². The Kier molecular flexibility index (Phi) is 5.52. The maximum absolute atomic E-state index is 12.2. The SMILES string of the molecule is CC(C)CCNC(=O)NC(=O)CN1C(=O)[C@@H]2CC=CC[C@H]2C1=O. The van der Waals surface area contributed by atoms with Crippen LogP contribution in [0.2, 0.25) is 0 Å². The van der Waals surface area contributed by atoms with Crippen LogP contribution in [0.5, 0.6) is 0 Å². The first-order valence-corrected chi connectivity index (χ1v) is 7.98. The van der Waals surface area contributed by atoms with Crippen LogP contribution in [-0.2, 0) is 14.4 Å². The molecular weight excluding hydrogens is 298 g/mol. The number of hydrogen-bond acceptors (Lipinski definition) is 4. The van der Waals surface area contributed by atoms with Gasteiger partial charge >= 0.3 is 6.03 Å². The number of urea groups is 1. The van der Waals surface area contributed by atoms with Crippen LogP contribution >= 0.6 is 0 Å². The average molecular weight is 321 g/mol. The molecule has 0 saturated carbocycles. The summed E-state index contributed by atoms with van der Waals surface area (Å²) in [5, 5.41) is 4.73. The summed E-state index contributed by atoms with van der Waals surface area (Å²) in [6, 6.07) is -0.603. The highest BCUT2D eigenvalue weighted by Crippen LogP contribution is 2.34. The summed E-state index contributed by atoms with van der Waals surface area (Å²) in [6.07, 6.45) is 5.64. The van der Waals surface area contributed by atoms with Crippen LogP contribution in [0.3, 0.4) is 0 Å². The Morgan fingerprint density at radius 1 is 1.17 bits per heavy atom. The minimum atomic E-state index is -0.652. The van der Waals surface area contributed by atoms with Gasteiger partial charge in [-0.15, -0.1) is 0 Å². The lowest BCUT2D eigenvalue weighted by Gasteiger charge is -2.14. The number of rotatable bonds is 5. The molecule has 1 saturated heterocycles. The van der Waals surface area contributed by atoms with Gasteiger partial charge in [0.15, 0.2) is 0 Å². The number of likely N-dealkylation sites (tertiary alicyclic amines) is 1. The van der Waals surface area contributed by atoms with E-state index in [-0.39, 0.29) is 23.7 Å². The Morgan fingerprint density at radius 2 is 1.74 bits per heavy atom. The molecule has 1 aliphatic heterocycles. The van der Waals surface area contributed by atoms with Gasteiger partial charge in [0.2, 0.25) is 17.7 Å². The van der Waals surface area contributed by atoms with Gasteiger partial charge in [-0.2, -0.15) is 0 Å². The summed E-state index contributed by atoms with van der Waals surface area (Å²) in [5.74, 6) is -1.57. The molecule has 1 aliphatic carbocycles. The Labute approximate surface area is 135 Å². The molecule has 0 radical (unpaired) electrons. The second-order valence-corrected chi connectivity index (χ2v) is 6.41. The van der Waals surface area contributed by atoms with Crippen LogP contribution < -0.4 is 10.6 Å². The van der Waals surface area contributed by atoms with Crippen LogP contribution in [0, 0.1) is 17.8 Å². The van der Waals surface area contributed by atoms with E-state index in [0.29, 0.717) is 25.3 Å². The highest BCUT2D eigenvalue weighted by atomic mass is 16.2. The zero-order valence-electron chi connectivity index (χ0n) is 13.5. The van der Waals surface area contributed by atoms with Crippen molar-refractivity contribution in [2.45, 2.75) is 33.1 Å². The number of nitrogens with zero attached hydrogens (tertiary/aromatic N) is 1. The molecule has 2 rings (SSSR count). The van der Waals surface area contributed by atoms with E-state index >= 15 is 0 Å². The van der Waals surface area contributed by atoms with Gasteiger partial charge in [0, 0.05) is 6.54 Å². The van der Waals surface area contributed by atoms with Crippen molar-refractivity contribution >= 4 is 23.8 Å². The van der Waals surface area contributed by atoms with E-state index in [2.05, 4.69) is 10.6 Å². The first-order valence-electron chi connectivity index (χ1n) is 7.98. The molecule has 0 aromatic rings. The smallest absolute Gasteiger partial charge is 0.321 e. The maximum Gasteiger partial charge on any atom is 0.321 e. The van der Waals surface area contributed by atoms with Gasteiger partial charge in [-0.05, 0) is 25.2 Å². The van der Waals surface area contributed by atoms with Crippen molar-refractivity contribution in [1.82, 2.24) is 15.5 Å². The number of carbonyl (C=O) groups is 4. The van der Waals surface area contributed by atoms with Crippen LogP contribution in [0.15, 0.2) is 12.2 Å². The number of hydrogen-bond donors (Lipinski definition) is 2. The van der Waals surface area contributed by atoms with E-state index in [0.717, 1.165) is 11.3 Å². The second kappa shape index (κ2) is 7.39. The van der Waals surface area contributed by atoms with Gasteiger partial charge < -0.3 is 5.32 Å². The number of fused-ring (bicyclic) bond motifs is 1. The first-order chi connectivity index (χ1) is 10.9. The molecule has 2 N–H and O–H groups in total. The average Bonchev–Trinajstić information content (AvgIpc) is 2.72. The standard InChI is InChI=1S/C16H23N3O4/c1-10(2)7-8-17-16(23)18-13(20)9-19-14(21)11-5-3-4-6-12(11)15(19)22/h3-4,10-12H,5-9H2,1-2H3,(H2,17,18,20,23)/t11-,12-/m1/s1. The normalized spacial score (nSPS) is 23.2. The number of imide groups is 2. The summed E-state index contributed by atoms with van der Waals surface area (Å²) < 4.78 is 0. The Morgan fingerprint density at radius 3 is 2.26 bits per heavy atom. The summed E-state index contributed by atoms with van der Waals surface area (Å²) in [4.78, 5) is 48.8. The molecule has 7 heteroatoms. The summed E-state index contributed by atoms with van der Waals surface area (Å²) in [6.45, 7) is 4.13. The summed E-state index contributed by atoms with van der Waals surface area (Å²) >= 11 is 0. The Bertz CT molecular complexity index is 515. The van der Waals surface area contributed by atoms with Gasteiger partial charge in [-0.25, -0.2) is 4.79 Å². The molecular formula is C16H23N3O4. The lowest BCUT2D eigenvalue weighted by Crippen LogP contribution is -2.46. The van der Waals surface area contributed by atoms with Crippen molar-refractivity contribution in [3.63, 3.8) is 0 Å². The Balaban J connectivity index is 1.82. The second-order valence-electron chi connectivity index (χ2n) is 6.41. The number of nitrogens with one attached hydrogen (secondary N) is 2. The molecule has 23 heavy (non-hydrogen) atoms. The van der Waals surface area contributed by atoms with Gasteiger partial charge in [-0.3, -0.25) is 24.6 Å². The van der Waals surface area contributed by atoms with Crippen molar-refractivity contribution in [3.8, 4) is 0 Å². The first kappa shape index (κ1) is 17.2. The third-order valence-corrected chi connectivity index (χ3v) is 4.16. The van der Waals surface area contributed by atoms with Crippen molar-refractivity contribution in [2.24, 2.45) is 17.8 Å². The molecule has 2 atom stereocenters. The van der Waals surface area contributed by atoms with E-state index in [9.17, 15) is 19.2 Å². The van der Waals surface area contributed by atoms with E-state index in [1.54, 1.807) is 0 Å².